The summed E-state index contributed by atoms with van der Waals surface area (Å²) in [4.78, 5) is 26.7. The Morgan fingerprint density at radius 3 is 2.67 bits per heavy atom. The third-order valence-electron chi connectivity index (χ3n) is 4.99. The molecule has 1 aliphatic rings. The second-order valence-corrected chi connectivity index (χ2v) is 7.00. The Kier molecular flexibility index (Phi) is 4.98. The number of carbonyl (C=O) groups excluding carboxylic acids is 1. The molecule has 0 radical (unpaired) electrons. The molecule has 0 spiro atoms. The van der Waals surface area contributed by atoms with Crippen LogP contribution >= 0.6 is 0 Å². The van der Waals surface area contributed by atoms with E-state index in [1.807, 2.05) is 30.3 Å². The third-order valence-corrected chi connectivity index (χ3v) is 4.99. The van der Waals surface area contributed by atoms with Gasteiger partial charge in [-0.25, -0.2) is 5.10 Å². The molecule has 1 amide bonds. The average Bonchev–Trinajstić information content (AvgIpc) is 3.12. The summed E-state index contributed by atoms with van der Waals surface area (Å²) < 4.78 is 0. The molecule has 2 heterocycles. The number of benzene rings is 2. The van der Waals surface area contributed by atoms with E-state index < -0.39 is 0 Å². The van der Waals surface area contributed by atoms with Crippen molar-refractivity contribution in [1.82, 2.24) is 20.4 Å². The van der Waals surface area contributed by atoms with Gasteiger partial charge in [-0.1, -0.05) is 48.5 Å². The highest BCUT2D eigenvalue weighted by Crippen LogP contribution is 2.15. The van der Waals surface area contributed by atoms with Gasteiger partial charge in [0.15, 0.2) is 0 Å². The molecule has 1 unspecified atom stereocenters. The van der Waals surface area contributed by atoms with E-state index in [2.05, 4.69) is 32.5 Å². The van der Waals surface area contributed by atoms with Crippen molar-refractivity contribution in [2.45, 2.75) is 25.4 Å². The lowest BCUT2D eigenvalue weighted by molar-refractivity contribution is -0.121. The van der Waals surface area contributed by atoms with Gasteiger partial charge in [-0.15, -0.1) is 0 Å². The van der Waals surface area contributed by atoms with Crippen molar-refractivity contribution in [3.8, 4) is 0 Å². The number of amides is 1. The van der Waals surface area contributed by atoms with E-state index in [4.69, 9.17) is 0 Å². The Bertz CT molecular complexity index is 1000. The van der Waals surface area contributed by atoms with Crippen LogP contribution in [0.4, 0.5) is 0 Å². The number of rotatable bonds is 5. The molecule has 0 saturated carbocycles. The number of likely N-dealkylation sites (tertiary alicyclic amines) is 1. The van der Waals surface area contributed by atoms with E-state index >= 15 is 0 Å². The van der Waals surface area contributed by atoms with E-state index in [0.717, 1.165) is 31.4 Å². The molecular formula is C21H22N4O2. The number of nitrogens with zero attached hydrogens (tertiary/aromatic N) is 2. The largest absolute Gasteiger partial charge is 0.352 e. The van der Waals surface area contributed by atoms with E-state index in [0.29, 0.717) is 11.1 Å². The van der Waals surface area contributed by atoms with Crippen molar-refractivity contribution < 1.29 is 4.79 Å². The maximum Gasteiger partial charge on any atom is 0.272 e. The highest BCUT2D eigenvalue weighted by Gasteiger charge is 2.24. The smallest absolute Gasteiger partial charge is 0.272 e. The lowest BCUT2D eigenvalue weighted by atomic mass is 10.1. The number of H-pyrrole nitrogens is 1. The fraction of sp³-hybridized carbons (Fsp3) is 0.286. The number of hydrogen-bond donors (Lipinski definition) is 2. The highest BCUT2D eigenvalue weighted by molar-refractivity contribution is 5.88. The lowest BCUT2D eigenvalue weighted by Crippen LogP contribution is -2.38. The number of fused-ring (bicyclic) bond motifs is 1. The predicted octanol–water partition coefficient (Wildman–Crippen LogP) is 1.86. The molecule has 2 aromatic carbocycles. The normalized spacial score (nSPS) is 17.3. The second kappa shape index (κ2) is 7.72. The average molecular weight is 362 g/mol. The van der Waals surface area contributed by atoms with E-state index in [1.165, 1.54) is 5.56 Å². The van der Waals surface area contributed by atoms with Gasteiger partial charge in [0.25, 0.3) is 5.56 Å². The zero-order valence-electron chi connectivity index (χ0n) is 15.0. The Balaban J connectivity index is 1.37. The molecule has 6 heteroatoms. The molecule has 6 nitrogen and oxygen atoms in total. The van der Waals surface area contributed by atoms with Crippen molar-refractivity contribution in [3.05, 3.63) is 76.2 Å². The lowest BCUT2D eigenvalue weighted by Gasteiger charge is -2.17. The molecule has 1 atom stereocenters. The predicted molar refractivity (Wildman–Crippen MR) is 104 cm³/mol. The fourth-order valence-corrected chi connectivity index (χ4v) is 3.67. The first kappa shape index (κ1) is 17.4. The molecule has 2 N–H and O–H groups in total. The first-order valence-corrected chi connectivity index (χ1v) is 9.21. The van der Waals surface area contributed by atoms with Crippen LogP contribution in [0.3, 0.4) is 0 Å². The molecule has 1 fully saturated rings. The maximum atomic E-state index is 12.5. The van der Waals surface area contributed by atoms with Crippen molar-refractivity contribution in [2.24, 2.45) is 0 Å². The molecule has 0 aliphatic carbocycles. The van der Waals surface area contributed by atoms with Crippen molar-refractivity contribution in [3.63, 3.8) is 0 Å². The Morgan fingerprint density at radius 1 is 1.11 bits per heavy atom. The van der Waals surface area contributed by atoms with Gasteiger partial charge in [0, 0.05) is 31.1 Å². The van der Waals surface area contributed by atoms with Gasteiger partial charge in [-0.3, -0.25) is 14.5 Å². The minimum absolute atomic E-state index is 0.0636. The van der Waals surface area contributed by atoms with Crippen molar-refractivity contribution in [1.29, 1.82) is 0 Å². The summed E-state index contributed by atoms with van der Waals surface area (Å²) in [5.74, 6) is -0.0636. The molecule has 3 aromatic rings. The van der Waals surface area contributed by atoms with Crippen LogP contribution in [0.5, 0.6) is 0 Å². The number of hydrogen-bond acceptors (Lipinski definition) is 4. The molecule has 27 heavy (non-hydrogen) atoms. The fourth-order valence-electron chi connectivity index (χ4n) is 3.67. The Hall–Kier alpha value is -2.99. The molecule has 0 bridgehead atoms. The SMILES string of the molecule is O=C(Cc1n[nH]c(=O)c2ccccc12)NC1CCN(Cc2ccccc2)C1. The van der Waals surface area contributed by atoms with Gasteiger partial charge in [0.1, 0.15) is 0 Å². The van der Waals surface area contributed by atoms with Gasteiger partial charge in [0.05, 0.1) is 17.5 Å². The minimum atomic E-state index is -0.234. The monoisotopic (exact) mass is 362 g/mol. The highest BCUT2D eigenvalue weighted by atomic mass is 16.1. The van der Waals surface area contributed by atoms with Crippen LogP contribution in [0.1, 0.15) is 17.7 Å². The van der Waals surface area contributed by atoms with Gasteiger partial charge < -0.3 is 5.32 Å². The first-order chi connectivity index (χ1) is 13.2. The summed E-state index contributed by atoms with van der Waals surface area (Å²) >= 11 is 0. The van der Waals surface area contributed by atoms with Crippen LogP contribution in [0.2, 0.25) is 0 Å². The number of nitrogens with one attached hydrogen (secondary N) is 2. The quantitative estimate of drug-likeness (QED) is 0.726. The van der Waals surface area contributed by atoms with Crippen molar-refractivity contribution >= 4 is 16.7 Å². The summed E-state index contributed by atoms with van der Waals surface area (Å²) in [5, 5.41) is 11.0. The van der Waals surface area contributed by atoms with Crippen LogP contribution < -0.4 is 10.9 Å². The third kappa shape index (κ3) is 4.06. The molecule has 4 rings (SSSR count). The summed E-state index contributed by atoms with van der Waals surface area (Å²) in [7, 11) is 0. The maximum absolute atomic E-state index is 12.5. The Labute approximate surface area is 157 Å². The van der Waals surface area contributed by atoms with Gasteiger partial charge in [-0.05, 0) is 18.1 Å². The van der Waals surface area contributed by atoms with Crippen LogP contribution in [0.25, 0.3) is 10.8 Å². The Morgan fingerprint density at radius 2 is 1.85 bits per heavy atom. The summed E-state index contributed by atoms with van der Waals surface area (Å²) in [5.41, 5.74) is 1.65. The van der Waals surface area contributed by atoms with E-state index in [-0.39, 0.29) is 23.9 Å². The first-order valence-electron chi connectivity index (χ1n) is 9.21. The summed E-state index contributed by atoms with van der Waals surface area (Å²) in [6.07, 6.45) is 1.10. The topological polar surface area (TPSA) is 78.1 Å². The number of aromatic nitrogens is 2. The molecule has 1 saturated heterocycles. The van der Waals surface area contributed by atoms with Gasteiger partial charge in [0.2, 0.25) is 5.91 Å². The standard InChI is InChI=1S/C21H22N4O2/c26-20(12-19-17-8-4-5-9-18(17)21(27)24-23-19)22-16-10-11-25(14-16)13-15-6-2-1-3-7-15/h1-9,16H,10-14H2,(H,22,26)(H,24,27). The van der Waals surface area contributed by atoms with Crippen LogP contribution in [-0.2, 0) is 17.8 Å². The van der Waals surface area contributed by atoms with Crippen LogP contribution in [0, 0.1) is 0 Å². The van der Waals surface area contributed by atoms with E-state index in [9.17, 15) is 9.59 Å². The van der Waals surface area contributed by atoms with Crippen LogP contribution in [0.15, 0.2) is 59.4 Å². The molecular weight excluding hydrogens is 340 g/mol. The van der Waals surface area contributed by atoms with Gasteiger partial charge in [-0.2, -0.15) is 5.10 Å². The number of carbonyl (C=O) groups is 1. The summed E-state index contributed by atoms with van der Waals surface area (Å²) in [6, 6.07) is 17.7. The van der Waals surface area contributed by atoms with Gasteiger partial charge >= 0.3 is 0 Å². The molecule has 1 aliphatic heterocycles. The van der Waals surface area contributed by atoms with Crippen LogP contribution in [-0.4, -0.2) is 40.1 Å². The molecule has 138 valence electrons. The second-order valence-electron chi connectivity index (χ2n) is 7.00. The zero-order valence-corrected chi connectivity index (χ0v) is 15.0. The zero-order chi connectivity index (χ0) is 18.6. The van der Waals surface area contributed by atoms with E-state index in [1.54, 1.807) is 12.1 Å². The minimum Gasteiger partial charge on any atom is -0.352 e. The number of aromatic amines is 1. The van der Waals surface area contributed by atoms with Crippen molar-refractivity contribution in [2.75, 3.05) is 13.1 Å². The summed E-state index contributed by atoms with van der Waals surface area (Å²) in [6.45, 7) is 2.72. The molecule has 1 aromatic heterocycles.